The van der Waals surface area contributed by atoms with E-state index in [0.29, 0.717) is 44.2 Å². The first kappa shape index (κ1) is 57.5. The largest absolute Gasteiger partial charge is 0.506 e. The number of hydrogen-bond donors (Lipinski definition) is 10. The zero-order valence-corrected chi connectivity index (χ0v) is 45.9. The number of amides is 6. The molecule has 6 amide bonds. The molecule has 0 unspecified atom stereocenters. The number of urea groups is 3. The number of halogens is 1. The predicted molar refractivity (Wildman–Crippen MR) is 327 cm³/mol. The molecule has 0 aromatic heterocycles. The van der Waals surface area contributed by atoms with Crippen molar-refractivity contribution in [1.82, 2.24) is 0 Å². The number of fused-ring (bicyclic) bond motifs is 1. The summed E-state index contributed by atoms with van der Waals surface area (Å²) in [7, 11) is -2.69. The van der Waals surface area contributed by atoms with Crippen LogP contribution in [0.15, 0.2) is 246 Å². The molecule has 10 N–H and O–H groups in total. The van der Waals surface area contributed by atoms with Crippen LogP contribution in [0.4, 0.5) is 54.2 Å². The molecular weight excluding hydrogens is 1130 g/mol. The van der Waals surface area contributed by atoms with Crippen molar-refractivity contribution in [3.8, 4) is 39.5 Å². The van der Waals surface area contributed by atoms with E-state index in [2.05, 4.69) is 52.6 Å². The number of rotatable bonds is 13. The Labute approximate surface area is 480 Å². The van der Waals surface area contributed by atoms with E-state index in [1.165, 1.54) is 43.5 Å². The van der Waals surface area contributed by atoms with Crippen molar-refractivity contribution < 1.29 is 47.7 Å². The number of carboxylic acids is 1. The van der Waals surface area contributed by atoms with E-state index in [1.54, 1.807) is 84.9 Å². The van der Waals surface area contributed by atoms with Crippen LogP contribution in [-0.4, -0.2) is 54.9 Å². The Kier molecular flexibility index (Phi) is 19.2. The SMILES string of the molecule is COc1ccccc1NC(=O)Nc1cccc(-c2ccccc2)c1O.O=C(Nc1ccc(-c2ccccc2)cc1)Nc1cc2ccccc2cc1O.O=C(Nc1ccccc1Br)Nc1ccccc1NS(=O)(=O)c1ccccc1C(=O)O. The lowest BCUT2D eigenvalue weighted by Gasteiger charge is -2.15. The Morgan fingerprint density at radius 3 is 1.57 bits per heavy atom. The fourth-order valence-electron chi connectivity index (χ4n) is 8.11. The third-order valence-corrected chi connectivity index (χ3v) is 14.2. The normalized spacial score (nSPS) is 10.5. The second kappa shape index (κ2) is 27.3. The van der Waals surface area contributed by atoms with Crippen LogP contribution in [0.1, 0.15) is 10.4 Å². The lowest BCUT2D eigenvalue weighted by molar-refractivity contribution is 0.0692. The lowest BCUT2D eigenvalue weighted by atomic mass is 10.0. The van der Waals surface area contributed by atoms with Crippen LogP contribution < -0.4 is 41.4 Å². The van der Waals surface area contributed by atoms with Gasteiger partial charge in [-0.3, -0.25) is 4.72 Å². The molecule has 0 aliphatic heterocycles. The first-order chi connectivity index (χ1) is 39.6. The molecule has 0 fully saturated rings. The van der Waals surface area contributed by atoms with Crippen molar-refractivity contribution in [2.75, 3.05) is 43.7 Å². The summed E-state index contributed by atoms with van der Waals surface area (Å²) < 4.78 is 33.8. The molecule has 10 aromatic carbocycles. The van der Waals surface area contributed by atoms with Gasteiger partial charge < -0.3 is 52.0 Å². The van der Waals surface area contributed by atoms with Crippen molar-refractivity contribution in [3.63, 3.8) is 0 Å². The average molecular weight is 1180 g/mol. The Morgan fingerprint density at radius 1 is 0.439 bits per heavy atom. The van der Waals surface area contributed by atoms with Gasteiger partial charge in [-0.15, -0.1) is 0 Å². The number of aromatic carboxylic acids is 1. The molecule has 0 aliphatic carbocycles. The standard InChI is InChI=1S/C23H18N2O2.C20H16BrN3O5S.C20H18N2O3/c26-22-15-19-9-5-4-8-18(19)14-21(22)25-23(27)24-20-12-10-17(11-13-20)16-6-2-1-3-7-16;21-14-8-2-3-9-15(14)22-20(27)23-16-10-4-5-11-17(16)24-30(28,29)18-12-6-1-7-13(18)19(25)26;1-25-18-13-6-5-11-16(18)21-20(24)22-17-12-7-10-15(19(17)23)14-8-3-2-4-9-14/h1-15,26H,(H2,24,25,27);1-12,24H,(H,25,26)(H2,22,23,27);2-13,23H,1H3,(H2,21,22,24). The summed E-state index contributed by atoms with van der Waals surface area (Å²) in [6, 6.07) is 67.5. The van der Waals surface area contributed by atoms with Gasteiger partial charge in [-0.05, 0) is 122 Å². The summed E-state index contributed by atoms with van der Waals surface area (Å²) in [5.74, 6) is -0.762. The van der Waals surface area contributed by atoms with Gasteiger partial charge in [-0.2, -0.15) is 0 Å². The zero-order chi connectivity index (χ0) is 58.0. The lowest BCUT2D eigenvalue weighted by Crippen LogP contribution is -2.22. The number of methoxy groups -OCH3 is 1. The molecule has 0 saturated heterocycles. The summed E-state index contributed by atoms with van der Waals surface area (Å²) in [5.41, 5.74) is 6.08. The van der Waals surface area contributed by atoms with Crippen LogP contribution in [-0.2, 0) is 10.0 Å². The van der Waals surface area contributed by atoms with E-state index in [-0.39, 0.29) is 33.3 Å². The van der Waals surface area contributed by atoms with Crippen molar-refractivity contribution in [1.29, 1.82) is 0 Å². The molecule has 17 nitrogen and oxygen atoms in total. The molecule has 0 radical (unpaired) electrons. The van der Waals surface area contributed by atoms with Crippen LogP contribution in [0.3, 0.4) is 0 Å². The number of carboxylic acid groups (broad SMARTS) is 1. The van der Waals surface area contributed by atoms with E-state index < -0.39 is 34.1 Å². The molecule has 412 valence electrons. The molecule has 10 rings (SSSR count). The van der Waals surface area contributed by atoms with Gasteiger partial charge in [0.05, 0.1) is 46.8 Å². The van der Waals surface area contributed by atoms with Gasteiger partial charge in [0.2, 0.25) is 0 Å². The minimum absolute atomic E-state index is 0.0175. The third-order valence-electron chi connectivity index (χ3n) is 12.0. The highest BCUT2D eigenvalue weighted by molar-refractivity contribution is 9.10. The second-order valence-electron chi connectivity index (χ2n) is 17.6. The Morgan fingerprint density at radius 2 is 0.915 bits per heavy atom. The van der Waals surface area contributed by atoms with Crippen LogP contribution >= 0.6 is 15.9 Å². The quantitative estimate of drug-likeness (QED) is 0.0489. The number of anilines is 7. The molecule has 0 spiro atoms. The third kappa shape index (κ3) is 15.3. The topological polar surface area (TPSA) is 257 Å². The number of aromatic hydroxyl groups is 2. The van der Waals surface area contributed by atoms with Crippen molar-refractivity contribution >= 4 is 101 Å². The summed E-state index contributed by atoms with van der Waals surface area (Å²) in [5, 5.41) is 47.9. The minimum Gasteiger partial charge on any atom is -0.506 e. The molecule has 10 aromatic rings. The van der Waals surface area contributed by atoms with Gasteiger partial charge in [-0.1, -0.05) is 158 Å². The van der Waals surface area contributed by atoms with E-state index in [1.807, 2.05) is 115 Å². The number of nitrogens with one attached hydrogen (secondary N) is 7. The van der Waals surface area contributed by atoms with Crippen LogP contribution in [0, 0.1) is 0 Å². The number of carbonyl (C=O) groups excluding carboxylic acids is 3. The molecule has 0 heterocycles. The highest BCUT2D eigenvalue weighted by atomic mass is 79.9. The minimum atomic E-state index is -4.22. The Bertz CT molecular complexity index is 4010. The van der Waals surface area contributed by atoms with Gasteiger partial charge in [0, 0.05) is 15.7 Å². The van der Waals surface area contributed by atoms with Gasteiger partial charge in [0.15, 0.2) is 0 Å². The first-order valence-electron chi connectivity index (χ1n) is 25.0. The van der Waals surface area contributed by atoms with Crippen molar-refractivity contribution in [2.45, 2.75) is 4.90 Å². The molecular formula is C63H52BrN7O10S. The maximum atomic E-state index is 12.8. The molecule has 19 heteroatoms. The maximum absolute atomic E-state index is 12.8. The van der Waals surface area contributed by atoms with Gasteiger partial charge in [-0.25, -0.2) is 27.6 Å². The van der Waals surface area contributed by atoms with E-state index in [0.717, 1.165) is 27.5 Å². The molecule has 82 heavy (non-hydrogen) atoms. The summed E-state index contributed by atoms with van der Waals surface area (Å²) >= 11 is 3.33. The highest BCUT2D eigenvalue weighted by Gasteiger charge is 2.23. The summed E-state index contributed by atoms with van der Waals surface area (Å²) in [6.45, 7) is 0. The zero-order valence-electron chi connectivity index (χ0n) is 43.5. The molecule has 0 aliphatic rings. The van der Waals surface area contributed by atoms with E-state index >= 15 is 0 Å². The first-order valence-corrected chi connectivity index (χ1v) is 27.2. The van der Waals surface area contributed by atoms with Crippen LogP contribution in [0.5, 0.6) is 17.2 Å². The summed E-state index contributed by atoms with van der Waals surface area (Å²) in [4.78, 5) is 47.9. The Hall–Kier alpha value is -10.6. The smallest absolute Gasteiger partial charge is 0.337 e. The molecule has 0 atom stereocenters. The second-order valence-corrected chi connectivity index (χ2v) is 20.1. The van der Waals surface area contributed by atoms with Gasteiger partial charge >= 0.3 is 24.1 Å². The number of phenols is 2. The number of hydrogen-bond acceptors (Lipinski definition) is 9. The van der Waals surface area contributed by atoms with Crippen molar-refractivity contribution in [3.05, 3.63) is 247 Å². The van der Waals surface area contributed by atoms with E-state index in [4.69, 9.17) is 4.74 Å². The monoisotopic (exact) mass is 1180 g/mol. The van der Waals surface area contributed by atoms with Crippen molar-refractivity contribution in [2.24, 2.45) is 0 Å². The molecule has 0 bridgehead atoms. The number of sulfonamides is 1. The fraction of sp³-hybridized carbons (Fsp3) is 0.0159. The number of para-hydroxylation sites is 6. The maximum Gasteiger partial charge on any atom is 0.337 e. The summed E-state index contributed by atoms with van der Waals surface area (Å²) in [6.07, 6.45) is 0. The predicted octanol–water partition coefficient (Wildman–Crippen LogP) is 15.2. The van der Waals surface area contributed by atoms with Crippen LogP contribution in [0.25, 0.3) is 33.0 Å². The number of ether oxygens (including phenoxy) is 1. The Balaban J connectivity index is 0.000000162. The van der Waals surface area contributed by atoms with Gasteiger partial charge in [0.25, 0.3) is 10.0 Å². The highest BCUT2D eigenvalue weighted by Crippen LogP contribution is 2.36. The molecule has 0 saturated carbocycles. The number of phenolic OH excluding ortho intramolecular Hbond substituents is 2. The number of carbonyl (C=O) groups is 4. The number of benzene rings is 10. The van der Waals surface area contributed by atoms with Gasteiger partial charge in [0.1, 0.15) is 22.1 Å². The van der Waals surface area contributed by atoms with Crippen LogP contribution in [0.2, 0.25) is 0 Å². The average Bonchev–Trinajstić information content (AvgIpc) is 3.58. The fourth-order valence-corrected chi connectivity index (χ4v) is 9.77. The van der Waals surface area contributed by atoms with E-state index in [9.17, 15) is 42.9 Å².